The summed E-state index contributed by atoms with van der Waals surface area (Å²) in [6, 6.07) is 9.87. The summed E-state index contributed by atoms with van der Waals surface area (Å²) in [5, 5.41) is 1.20. The fraction of sp³-hybridized carbons (Fsp3) is 0. The third-order valence-corrected chi connectivity index (χ3v) is 4.85. The Kier molecular flexibility index (Phi) is 4.50. The van der Waals surface area contributed by atoms with Gasteiger partial charge in [0.05, 0.1) is 30.4 Å². The molecule has 3 nitrogen and oxygen atoms in total. The highest BCUT2D eigenvalue weighted by atomic mass is 79.9. The van der Waals surface area contributed by atoms with Gasteiger partial charge in [0, 0.05) is 6.07 Å². The lowest BCUT2D eigenvalue weighted by atomic mass is 10.2. The summed E-state index contributed by atoms with van der Waals surface area (Å²) >= 11 is 18.8. The van der Waals surface area contributed by atoms with E-state index in [1.807, 2.05) is 18.2 Å². The van der Waals surface area contributed by atoms with Crippen LogP contribution in [0.2, 0.25) is 10.0 Å². The number of rotatable bonds is 2. The van der Waals surface area contributed by atoms with Crippen molar-refractivity contribution in [3.63, 3.8) is 0 Å². The van der Waals surface area contributed by atoms with Gasteiger partial charge in [-0.15, -0.1) is 0 Å². The lowest BCUT2D eigenvalue weighted by Gasteiger charge is -2.11. The molecule has 112 valence electrons. The molecule has 0 aliphatic heterocycles. The van der Waals surface area contributed by atoms with Gasteiger partial charge in [0.15, 0.2) is 5.75 Å². The van der Waals surface area contributed by atoms with E-state index in [4.69, 9.17) is 32.4 Å². The van der Waals surface area contributed by atoms with E-state index in [1.54, 1.807) is 6.07 Å². The van der Waals surface area contributed by atoms with Crippen LogP contribution in [0.1, 0.15) is 0 Å². The summed E-state index contributed by atoms with van der Waals surface area (Å²) in [5.41, 5.74) is -0.232. The Balaban J connectivity index is 2.22. The van der Waals surface area contributed by atoms with Gasteiger partial charge in [-0.3, -0.25) is 0 Å². The van der Waals surface area contributed by atoms with Crippen molar-refractivity contribution in [3.05, 3.63) is 65.8 Å². The van der Waals surface area contributed by atoms with Crippen LogP contribution in [0.15, 0.2) is 54.6 Å². The maximum Gasteiger partial charge on any atom is 0.339 e. The number of para-hydroxylation sites is 1. The third kappa shape index (κ3) is 3.04. The molecular formula is C15H6Br2Cl2O3. The molecule has 1 aromatic heterocycles. The third-order valence-electron chi connectivity index (χ3n) is 2.88. The molecule has 0 unspecified atom stereocenters. The monoisotopic (exact) mass is 462 g/mol. The minimum atomic E-state index is -0.538. The van der Waals surface area contributed by atoms with Gasteiger partial charge in [0.2, 0.25) is 0 Å². The average molecular weight is 465 g/mol. The second kappa shape index (κ2) is 6.24. The Morgan fingerprint density at radius 1 is 1.00 bits per heavy atom. The van der Waals surface area contributed by atoms with Gasteiger partial charge in [-0.05, 0) is 50.1 Å². The molecule has 3 rings (SSSR count). The van der Waals surface area contributed by atoms with Crippen LogP contribution in [0.3, 0.4) is 0 Å². The molecule has 0 saturated heterocycles. The van der Waals surface area contributed by atoms with E-state index in [0.717, 1.165) is 8.95 Å². The van der Waals surface area contributed by atoms with Gasteiger partial charge in [-0.2, -0.15) is 0 Å². The van der Waals surface area contributed by atoms with Crippen molar-refractivity contribution in [2.45, 2.75) is 0 Å². The highest BCUT2D eigenvalue weighted by molar-refractivity contribution is 9.11. The van der Waals surface area contributed by atoms with Crippen LogP contribution in [-0.2, 0) is 0 Å². The quantitative estimate of drug-likeness (QED) is 0.411. The molecule has 0 aliphatic rings. The zero-order chi connectivity index (χ0) is 15.9. The summed E-state index contributed by atoms with van der Waals surface area (Å²) in [6.07, 6.45) is 0. The van der Waals surface area contributed by atoms with E-state index in [0.29, 0.717) is 32.5 Å². The van der Waals surface area contributed by atoms with Crippen LogP contribution in [0, 0.1) is 0 Å². The molecule has 2 aromatic carbocycles. The molecule has 1 heterocycles. The molecule has 0 bridgehead atoms. The number of hydrogen-bond donors (Lipinski definition) is 0. The summed E-state index contributed by atoms with van der Waals surface area (Å²) in [4.78, 5) is 11.7. The number of ether oxygens (including phenoxy) is 1. The molecule has 22 heavy (non-hydrogen) atoms. The highest BCUT2D eigenvalue weighted by Crippen LogP contribution is 2.39. The predicted octanol–water partition coefficient (Wildman–Crippen LogP) is 6.42. The summed E-state index contributed by atoms with van der Waals surface area (Å²) in [7, 11) is 0. The SMILES string of the molecule is O=c1cc(Oc2c(Br)cccc2Br)c2cc(Cl)c(Cl)cc2o1. The zero-order valence-electron chi connectivity index (χ0n) is 10.7. The predicted molar refractivity (Wildman–Crippen MR) is 94.4 cm³/mol. The second-order valence-corrected chi connectivity index (χ2v) is 6.87. The van der Waals surface area contributed by atoms with E-state index >= 15 is 0 Å². The Hall–Kier alpha value is -1.01. The van der Waals surface area contributed by atoms with Crippen LogP contribution in [0.4, 0.5) is 0 Å². The van der Waals surface area contributed by atoms with E-state index in [1.165, 1.54) is 12.1 Å². The van der Waals surface area contributed by atoms with Crippen molar-refractivity contribution in [1.82, 2.24) is 0 Å². The lowest BCUT2D eigenvalue weighted by molar-refractivity contribution is 0.470. The first-order valence-corrected chi connectivity index (χ1v) is 8.34. The Morgan fingerprint density at radius 2 is 1.64 bits per heavy atom. The molecule has 0 fully saturated rings. The van der Waals surface area contributed by atoms with E-state index < -0.39 is 5.63 Å². The number of hydrogen-bond acceptors (Lipinski definition) is 3. The summed E-state index contributed by atoms with van der Waals surface area (Å²) in [6.45, 7) is 0. The van der Waals surface area contributed by atoms with Crippen LogP contribution in [-0.4, -0.2) is 0 Å². The minimum Gasteiger partial charge on any atom is -0.454 e. The largest absolute Gasteiger partial charge is 0.454 e. The first kappa shape index (κ1) is 15.9. The van der Waals surface area contributed by atoms with Crippen molar-refractivity contribution in [2.24, 2.45) is 0 Å². The maximum atomic E-state index is 11.7. The summed E-state index contributed by atoms with van der Waals surface area (Å²) in [5.74, 6) is 0.873. The van der Waals surface area contributed by atoms with E-state index in [-0.39, 0.29) is 0 Å². The summed E-state index contributed by atoms with van der Waals surface area (Å²) < 4.78 is 12.5. The topological polar surface area (TPSA) is 39.4 Å². The fourth-order valence-corrected chi connectivity index (χ4v) is 3.38. The van der Waals surface area contributed by atoms with E-state index in [2.05, 4.69) is 31.9 Å². The lowest BCUT2D eigenvalue weighted by Crippen LogP contribution is -1.99. The van der Waals surface area contributed by atoms with Gasteiger partial charge in [0.1, 0.15) is 11.3 Å². The smallest absolute Gasteiger partial charge is 0.339 e. The standard InChI is InChI=1S/C15H6Br2Cl2O3/c16-8-2-1-3-9(17)15(8)22-13-6-14(20)21-12-5-11(19)10(18)4-7(12)13/h1-6H. The molecule has 0 amide bonds. The van der Waals surface area contributed by atoms with Crippen LogP contribution >= 0.6 is 55.1 Å². The van der Waals surface area contributed by atoms with Crippen molar-refractivity contribution in [3.8, 4) is 11.5 Å². The molecule has 0 aliphatic carbocycles. The maximum absolute atomic E-state index is 11.7. The van der Waals surface area contributed by atoms with Crippen LogP contribution in [0.5, 0.6) is 11.5 Å². The van der Waals surface area contributed by atoms with Gasteiger partial charge in [-0.1, -0.05) is 29.3 Å². The van der Waals surface area contributed by atoms with Gasteiger partial charge >= 0.3 is 5.63 Å². The zero-order valence-corrected chi connectivity index (χ0v) is 15.4. The molecule has 0 atom stereocenters. The molecular weight excluding hydrogens is 459 g/mol. The molecule has 0 N–H and O–H groups in total. The van der Waals surface area contributed by atoms with Crippen molar-refractivity contribution >= 4 is 66.0 Å². The molecule has 7 heteroatoms. The van der Waals surface area contributed by atoms with Crippen LogP contribution in [0.25, 0.3) is 11.0 Å². The Morgan fingerprint density at radius 3 is 2.32 bits per heavy atom. The average Bonchev–Trinajstić information content (AvgIpc) is 2.45. The number of halogens is 4. The second-order valence-electron chi connectivity index (χ2n) is 4.35. The first-order chi connectivity index (χ1) is 10.5. The fourth-order valence-electron chi connectivity index (χ4n) is 1.90. The molecule has 0 saturated carbocycles. The van der Waals surface area contributed by atoms with Crippen molar-refractivity contribution in [2.75, 3.05) is 0 Å². The minimum absolute atomic E-state index is 0.302. The van der Waals surface area contributed by atoms with Crippen molar-refractivity contribution in [1.29, 1.82) is 0 Å². The van der Waals surface area contributed by atoms with Gasteiger partial charge in [-0.25, -0.2) is 4.79 Å². The normalized spacial score (nSPS) is 10.9. The van der Waals surface area contributed by atoms with Gasteiger partial charge in [0.25, 0.3) is 0 Å². The van der Waals surface area contributed by atoms with E-state index in [9.17, 15) is 4.79 Å². The molecule has 0 radical (unpaired) electrons. The highest BCUT2D eigenvalue weighted by Gasteiger charge is 2.14. The molecule has 0 spiro atoms. The van der Waals surface area contributed by atoms with Crippen molar-refractivity contribution < 1.29 is 9.15 Å². The van der Waals surface area contributed by atoms with Gasteiger partial charge < -0.3 is 9.15 Å². The Labute approximate surface area is 152 Å². The molecule has 3 aromatic rings. The Bertz CT molecular complexity index is 918. The number of fused-ring (bicyclic) bond motifs is 1. The number of benzene rings is 2. The van der Waals surface area contributed by atoms with Crippen LogP contribution < -0.4 is 10.4 Å². The first-order valence-electron chi connectivity index (χ1n) is 6.00.